The van der Waals surface area contributed by atoms with Crippen LogP contribution in [0.1, 0.15) is 26.0 Å². The fraction of sp³-hybridized carbons (Fsp3) is 0.444. The molecule has 0 amide bonds. The Hall–Kier alpha value is -0.600. The van der Waals surface area contributed by atoms with Crippen LogP contribution in [-0.2, 0) is 5.54 Å². The molecular formula is C9H13ClN2. The van der Waals surface area contributed by atoms with Crippen molar-refractivity contribution in [2.24, 2.45) is 5.73 Å². The number of hydrogen-bond donors (Lipinski definition) is 1. The molecule has 1 aromatic rings. The largest absolute Gasteiger partial charge is 0.320 e. The maximum Gasteiger partial charge on any atom is 0.0600 e. The number of nitrogens with zero attached hydrogens (tertiary/aromatic N) is 1. The zero-order valence-corrected chi connectivity index (χ0v) is 8.10. The van der Waals surface area contributed by atoms with Gasteiger partial charge < -0.3 is 5.73 Å². The third-order valence-electron chi connectivity index (χ3n) is 2.05. The van der Waals surface area contributed by atoms with Crippen molar-refractivity contribution in [3.8, 4) is 0 Å². The minimum Gasteiger partial charge on any atom is -0.320 e. The summed E-state index contributed by atoms with van der Waals surface area (Å²) >= 11 is 5.70. The summed E-state index contributed by atoms with van der Waals surface area (Å²) in [4.78, 5) is 4.16. The van der Waals surface area contributed by atoms with Gasteiger partial charge in [-0.15, -0.1) is 0 Å². The van der Waals surface area contributed by atoms with E-state index in [1.807, 2.05) is 26.0 Å². The van der Waals surface area contributed by atoms with Gasteiger partial charge in [-0.2, -0.15) is 0 Å². The molecule has 3 heteroatoms. The molecule has 1 rings (SSSR count). The topological polar surface area (TPSA) is 38.9 Å². The predicted octanol–water partition coefficient (Wildman–Crippen LogP) is 2.32. The molecule has 0 bridgehead atoms. The molecule has 1 atom stereocenters. The molecule has 1 heterocycles. The molecule has 2 N–H and O–H groups in total. The van der Waals surface area contributed by atoms with E-state index in [4.69, 9.17) is 17.3 Å². The molecule has 0 radical (unpaired) electrons. The summed E-state index contributed by atoms with van der Waals surface area (Å²) in [5.41, 5.74) is 6.52. The minimum atomic E-state index is -0.343. The SMILES string of the molecule is CCC(C)(N)c1ccc(Cl)cn1. The standard InChI is InChI=1S/C9H13ClN2/c1-3-9(2,11)8-5-4-7(10)6-12-8/h4-6H,3,11H2,1-2H3. The zero-order valence-electron chi connectivity index (χ0n) is 7.34. The van der Waals surface area contributed by atoms with Crippen molar-refractivity contribution in [2.45, 2.75) is 25.8 Å². The number of rotatable bonds is 2. The second-order valence-electron chi connectivity index (χ2n) is 3.13. The summed E-state index contributed by atoms with van der Waals surface area (Å²) in [6.07, 6.45) is 2.49. The number of aromatic nitrogens is 1. The second kappa shape index (κ2) is 3.42. The summed E-state index contributed by atoms with van der Waals surface area (Å²) in [5.74, 6) is 0. The normalized spacial score (nSPS) is 15.7. The van der Waals surface area contributed by atoms with Crippen LogP contribution in [0, 0.1) is 0 Å². The van der Waals surface area contributed by atoms with Gasteiger partial charge in [0.15, 0.2) is 0 Å². The first-order chi connectivity index (χ1) is 5.56. The van der Waals surface area contributed by atoms with E-state index in [1.54, 1.807) is 6.20 Å². The van der Waals surface area contributed by atoms with Gasteiger partial charge in [0.2, 0.25) is 0 Å². The molecule has 0 aliphatic carbocycles. The van der Waals surface area contributed by atoms with Crippen LogP contribution in [0.4, 0.5) is 0 Å². The lowest BCUT2D eigenvalue weighted by atomic mass is 9.96. The van der Waals surface area contributed by atoms with Crippen LogP contribution in [-0.4, -0.2) is 4.98 Å². The molecule has 0 aromatic carbocycles. The van der Waals surface area contributed by atoms with E-state index in [0.29, 0.717) is 5.02 Å². The van der Waals surface area contributed by atoms with E-state index in [1.165, 1.54) is 0 Å². The van der Waals surface area contributed by atoms with Crippen LogP contribution in [0.2, 0.25) is 5.02 Å². The lowest BCUT2D eigenvalue weighted by molar-refractivity contribution is 0.462. The van der Waals surface area contributed by atoms with Crippen LogP contribution in [0.5, 0.6) is 0 Å². The second-order valence-corrected chi connectivity index (χ2v) is 3.57. The van der Waals surface area contributed by atoms with E-state index in [9.17, 15) is 0 Å². The first-order valence-corrected chi connectivity index (χ1v) is 4.35. The summed E-state index contributed by atoms with van der Waals surface area (Å²) in [6, 6.07) is 3.68. The van der Waals surface area contributed by atoms with Crippen molar-refractivity contribution in [1.29, 1.82) is 0 Å². The van der Waals surface area contributed by atoms with Crippen LogP contribution < -0.4 is 5.73 Å². The number of nitrogens with two attached hydrogens (primary N) is 1. The van der Waals surface area contributed by atoms with Crippen molar-refractivity contribution >= 4 is 11.6 Å². The van der Waals surface area contributed by atoms with E-state index < -0.39 is 0 Å². The van der Waals surface area contributed by atoms with E-state index in [0.717, 1.165) is 12.1 Å². The van der Waals surface area contributed by atoms with Crippen LogP contribution in [0.15, 0.2) is 18.3 Å². The van der Waals surface area contributed by atoms with Gasteiger partial charge >= 0.3 is 0 Å². The zero-order chi connectivity index (χ0) is 9.19. The summed E-state index contributed by atoms with van der Waals surface area (Å²) in [5, 5.41) is 0.644. The molecule has 1 unspecified atom stereocenters. The van der Waals surface area contributed by atoms with Crippen molar-refractivity contribution in [1.82, 2.24) is 4.98 Å². The number of hydrogen-bond acceptors (Lipinski definition) is 2. The third-order valence-corrected chi connectivity index (χ3v) is 2.27. The molecule has 2 nitrogen and oxygen atoms in total. The lowest BCUT2D eigenvalue weighted by Crippen LogP contribution is -2.32. The molecule has 0 spiro atoms. The fourth-order valence-electron chi connectivity index (χ4n) is 0.895. The number of pyridine rings is 1. The van der Waals surface area contributed by atoms with Crippen LogP contribution in [0.25, 0.3) is 0 Å². The molecular weight excluding hydrogens is 172 g/mol. The first kappa shape index (κ1) is 9.49. The number of halogens is 1. The Balaban J connectivity index is 2.96. The fourth-order valence-corrected chi connectivity index (χ4v) is 1.01. The molecule has 66 valence electrons. The van der Waals surface area contributed by atoms with Crippen molar-refractivity contribution in [2.75, 3.05) is 0 Å². The molecule has 0 aliphatic rings. The molecule has 0 saturated heterocycles. The molecule has 0 aliphatic heterocycles. The Kier molecular flexibility index (Phi) is 2.70. The maximum atomic E-state index is 5.98. The maximum absolute atomic E-state index is 5.98. The van der Waals surface area contributed by atoms with E-state index >= 15 is 0 Å². The summed E-state index contributed by atoms with van der Waals surface area (Å²) in [7, 11) is 0. The highest BCUT2D eigenvalue weighted by Gasteiger charge is 2.19. The van der Waals surface area contributed by atoms with Gasteiger partial charge in [-0.1, -0.05) is 18.5 Å². The first-order valence-electron chi connectivity index (χ1n) is 3.97. The van der Waals surface area contributed by atoms with Crippen molar-refractivity contribution in [3.63, 3.8) is 0 Å². The highest BCUT2D eigenvalue weighted by molar-refractivity contribution is 6.30. The Morgan fingerprint density at radius 2 is 2.25 bits per heavy atom. The van der Waals surface area contributed by atoms with Gasteiger partial charge in [-0.25, -0.2) is 0 Å². The summed E-state index contributed by atoms with van der Waals surface area (Å²) < 4.78 is 0. The smallest absolute Gasteiger partial charge is 0.0600 e. The quantitative estimate of drug-likeness (QED) is 0.766. The minimum absolute atomic E-state index is 0.343. The van der Waals surface area contributed by atoms with Gasteiger partial charge in [0.25, 0.3) is 0 Å². The monoisotopic (exact) mass is 184 g/mol. The molecule has 0 fully saturated rings. The highest BCUT2D eigenvalue weighted by atomic mass is 35.5. The van der Waals surface area contributed by atoms with Gasteiger partial charge in [0.05, 0.1) is 16.3 Å². The summed E-state index contributed by atoms with van der Waals surface area (Å²) in [6.45, 7) is 4.00. The Morgan fingerprint density at radius 1 is 1.58 bits per heavy atom. The lowest BCUT2D eigenvalue weighted by Gasteiger charge is -2.21. The predicted molar refractivity (Wildman–Crippen MR) is 51.1 cm³/mol. The Labute approximate surface area is 77.8 Å². The molecule has 1 aromatic heterocycles. The van der Waals surface area contributed by atoms with Crippen molar-refractivity contribution < 1.29 is 0 Å². The van der Waals surface area contributed by atoms with E-state index in [-0.39, 0.29) is 5.54 Å². The van der Waals surface area contributed by atoms with Gasteiger partial charge in [0, 0.05) is 6.20 Å². The Bertz CT molecular complexity index is 254. The van der Waals surface area contributed by atoms with Gasteiger partial charge in [-0.05, 0) is 25.5 Å². The average molecular weight is 185 g/mol. The molecule has 0 saturated carbocycles. The third kappa shape index (κ3) is 1.96. The highest BCUT2D eigenvalue weighted by Crippen LogP contribution is 2.19. The average Bonchev–Trinajstić information content (AvgIpc) is 2.05. The van der Waals surface area contributed by atoms with Gasteiger partial charge in [-0.3, -0.25) is 4.98 Å². The van der Waals surface area contributed by atoms with Crippen molar-refractivity contribution in [3.05, 3.63) is 29.0 Å². The van der Waals surface area contributed by atoms with Gasteiger partial charge in [0.1, 0.15) is 0 Å². The van der Waals surface area contributed by atoms with Crippen LogP contribution in [0.3, 0.4) is 0 Å². The Morgan fingerprint density at radius 3 is 2.67 bits per heavy atom. The van der Waals surface area contributed by atoms with E-state index in [2.05, 4.69) is 4.98 Å². The van der Waals surface area contributed by atoms with Crippen LogP contribution >= 0.6 is 11.6 Å². The molecule has 12 heavy (non-hydrogen) atoms.